The highest BCUT2D eigenvalue weighted by molar-refractivity contribution is 5.45. The van der Waals surface area contributed by atoms with E-state index in [1.807, 2.05) is 6.92 Å². The fraction of sp³-hybridized carbons (Fsp3) is 0.733. The van der Waals surface area contributed by atoms with Crippen molar-refractivity contribution in [2.24, 2.45) is 0 Å². The van der Waals surface area contributed by atoms with Gasteiger partial charge in [0.15, 0.2) is 11.6 Å². The molecule has 3 heterocycles. The molecule has 1 aromatic rings. The van der Waals surface area contributed by atoms with Gasteiger partial charge in [-0.15, -0.1) is 0 Å². The normalized spacial score (nSPS) is 26.5. The van der Waals surface area contributed by atoms with E-state index in [4.69, 9.17) is 0 Å². The number of nitrogens with one attached hydrogen (secondary N) is 1. The lowest BCUT2D eigenvalue weighted by atomic mass is 9.97. The first-order chi connectivity index (χ1) is 10.2. The molecule has 0 spiro atoms. The zero-order chi connectivity index (χ0) is 14.8. The Morgan fingerprint density at radius 1 is 1.38 bits per heavy atom. The summed E-state index contributed by atoms with van der Waals surface area (Å²) in [5, 5.41) is 3.06. The van der Waals surface area contributed by atoms with Crippen LogP contribution in [0.1, 0.15) is 33.1 Å². The minimum atomic E-state index is -0.326. The number of hydrogen-bond donors (Lipinski definition) is 1. The van der Waals surface area contributed by atoms with Crippen LogP contribution >= 0.6 is 0 Å². The maximum absolute atomic E-state index is 14.2. The molecule has 0 bridgehead atoms. The number of aromatic nitrogens is 2. The van der Waals surface area contributed by atoms with Crippen molar-refractivity contribution in [3.8, 4) is 0 Å². The number of nitrogens with zero attached hydrogens (tertiary/aromatic N) is 4. The van der Waals surface area contributed by atoms with Gasteiger partial charge in [-0.1, -0.05) is 6.42 Å². The van der Waals surface area contributed by atoms with Gasteiger partial charge >= 0.3 is 0 Å². The molecule has 2 fully saturated rings. The van der Waals surface area contributed by atoms with E-state index in [0.29, 0.717) is 17.8 Å². The van der Waals surface area contributed by atoms with Crippen LogP contribution in [0.5, 0.6) is 0 Å². The molecule has 0 aliphatic carbocycles. The zero-order valence-electron chi connectivity index (χ0n) is 12.8. The van der Waals surface area contributed by atoms with E-state index < -0.39 is 0 Å². The van der Waals surface area contributed by atoms with Gasteiger partial charge in [-0.3, -0.25) is 4.90 Å². The van der Waals surface area contributed by atoms with E-state index in [2.05, 4.69) is 32.0 Å². The second-order valence-electron chi connectivity index (χ2n) is 6.04. The van der Waals surface area contributed by atoms with Gasteiger partial charge in [-0.05, 0) is 33.2 Å². The molecule has 0 saturated carbocycles. The minimum absolute atomic E-state index is 0.276. The maximum atomic E-state index is 14.2. The Kier molecular flexibility index (Phi) is 4.24. The summed E-state index contributed by atoms with van der Waals surface area (Å²) in [4.78, 5) is 13.0. The summed E-state index contributed by atoms with van der Waals surface area (Å²) in [7, 11) is 0. The average Bonchev–Trinajstić information content (AvgIpc) is 2.49. The third-order valence-corrected chi connectivity index (χ3v) is 4.52. The van der Waals surface area contributed by atoms with E-state index in [1.54, 1.807) is 0 Å². The molecule has 2 atom stereocenters. The van der Waals surface area contributed by atoms with Crippen molar-refractivity contribution in [2.45, 2.75) is 45.2 Å². The van der Waals surface area contributed by atoms with Gasteiger partial charge in [0.05, 0.1) is 6.20 Å². The summed E-state index contributed by atoms with van der Waals surface area (Å²) in [5.74, 6) is 0.624. The molecule has 0 aromatic carbocycles. The molecule has 3 rings (SSSR count). The summed E-state index contributed by atoms with van der Waals surface area (Å²) >= 11 is 0. The quantitative estimate of drug-likeness (QED) is 0.924. The number of fused-ring (bicyclic) bond motifs is 1. The SMILES string of the molecule is CCNc1ncc(F)c(N2CC3CCCCN3CC2C)n1. The van der Waals surface area contributed by atoms with Crippen LogP contribution in [0.25, 0.3) is 0 Å². The third-order valence-electron chi connectivity index (χ3n) is 4.52. The fourth-order valence-electron chi connectivity index (χ4n) is 3.45. The molecular formula is C15H24FN5. The van der Waals surface area contributed by atoms with Crippen molar-refractivity contribution in [2.75, 3.05) is 36.4 Å². The van der Waals surface area contributed by atoms with Crippen molar-refractivity contribution in [3.05, 3.63) is 12.0 Å². The monoisotopic (exact) mass is 293 g/mol. The van der Waals surface area contributed by atoms with Gasteiger partial charge in [0, 0.05) is 31.7 Å². The first-order valence-corrected chi connectivity index (χ1v) is 7.96. The van der Waals surface area contributed by atoms with Gasteiger partial charge in [-0.25, -0.2) is 9.37 Å². The van der Waals surface area contributed by atoms with Crippen molar-refractivity contribution >= 4 is 11.8 Å². The third kappa shape index (κ3) is 2.95. The smallest absolute Gasteiger partial charge is 0.224 e. The molecule has 2 aliphatic heterocycles. The number of rotatable bonds is 3. The van der Waals surface area contributed by atoms with Crippen molar-refractivity contribution < 1.29 is 4.39 Å². The van der Waals surface area contributed by atoms with Gasteiger partial charge in [0.1, 0.15) is 0 Å². The summed E-state index contributed by atoms with van der Waals surface area (Å²) in [6, 6.07) is 0.810. The molecular weight excluding hydrogens is 269 g/mol. The molecule has 6 heteroatoms. The number of piperidine rings is 1. The van der Waals surface area contributed by atoms with Crippen LogP contribution < -0.4 is 10.2 Å². The number of halogens is 1. The molecule has 5 nitrogen and oxygen atoms in total. The highest BCUT2D eigenvalue weighted by atomic mass is 19.1. The number of hydrogen-bond acceptors (Lipinski definition) is 5. The lowest BCUT2D eigenvalue weighted by molar-refractivity contribution is 0.115. The lowest BCUT2D eigenvalue weighted by Crippen LogP contribution is -2.59. The van der Waals surface area contributed by atoms with Crippen molar-refractivity contribution in [1.29, 1.82) is 0 Å². The second kappa shape index (κ2) is 6.13. The first kappa shape index (κ1) is 14.5. The predicted octanol–water partition coefficient (Wildman–Crippen LogP) is 2.11. The van der Waals surface area contributed by atoms with E-state index >= 15 is 0 Å². The van der Waals surface area contributed by atoms with Crippen LogP contribution in [0.2, 0.25) is 0 Å². The summed E-state index contributed by atoms with van der Waals surface area (Å²) in [5.41, 5.74) is 0. The highest BCUT2D eigenvalue weighted by Crippen LogP contribution is 2.28. The summed E-state index contributed by atoms with van der Waals surface area (Å²) in [6.45, 7) is 7.90. The van der Waals surface area contributed by atoms with Crippen LogP contribution in [0.4, 0.5) is 16.2 Å². The van der Waals surface area contributed by atoms with Crippen molar-refractivity contribution in [1.82, 2.24) is 14.9 Å². The van der Waals surface area contributed by atoms with E-state index in [-0.39, 0.29) is 11.9 Å². The Hall–Kier alpha value is -1.43. The molecule has 116 valence electrons. The maximum Gasteiger partial charge on any atom is 0.224 e. The van der Waals surface area contributed by atoms with Crippen LogP contribution in [0, 0.1) is 5.82 Å². The standard InChI is InChI=1S/C15H24FN5/c1-3-17-15-18-8-13(16)14(19-15)21-10-12-6-4-5-7-20(12)9-11(21)2/h8,11-12H,3-7,9-10H2,1-2H3,(H,17,18,19). The number of anilines is 2. The van der Waals surface area contributed by atoms with Crippen LogP contribution in [0.15, 0.2) is 6.20 Å². The molecule has 2 unspecified atom stereocenters. The molecule has 21 heavy (non-hydrogen) atoms. The summed E-state index contributed by atoms with van der Waals surface area (Å²) in [6.07, 6.45) is 5.05. The van der Waals surface area contributed by atoms with Gasteiger partial charge in [0.25, 0.3) is 0 Å². The number of piperazine rings is 1. The fourth-order valence-corrected chi connectivity index (χ4v) is 3.45. The Labute approximate surface area is 125 Å². The van der Waals surface area contributed by atoms with Crippen LogP contribution in [-0.4, -0.2) is 53.1 Å². The van der Waals surface area contributed by atoms with E-state index in [1.165, 1.54) is 32.0 Å². The lowest BCUT2D eigenvalue weighted by Gasteiger charge is -2.48. The predicted molar refractivity (Wildman–Crippen MR) is 82.2 cm³/mol. The Morgan fingerprint density at radius 3 is 3.05 bits per heavy atom. The molecule has 2 saturated heterocycles. The highest BCUT2D eigenvalue weighted by Gasteiger charge is 2.34. The molecule has 1 N–H and O–H groups in total. The van der Waals surface area contributed by atoms with Gasteiger partial charge < -0.3 is 10.2 Å². The molecule has 0 amide bonds. The molecule has 0 radical (unpaired) electrons. The largest absolute Gasteiger partial charge is 0.354 e. The van der Waals surface area contributed by atoms with Gasteiger partial charge in [0.2, 0.25) is 5.95 Å². The van der Waals surface area contributed by atoms with Gasteiger partial charge in [-0.2, -0.15) is 4.98 Å². The molecule has 2 aliphatic rings. The second-order valence-corrected chi connectivity index (χ2v) is 6.04. The topological polar surface area (TPSA) is 44.3 Å². The van der Waals surface area contributed by atoms with E-state index in [9.17, 15) is 4.39 Å². The molecule has 1 aromatic heterocycles. The minimum Gasteiger partial charge on any atom is -0.354 e. The Morgan fingerprint density at radius 2 is 2.24 bits per heavy atom. The Balaban J connectivity index is 1.83. The zero-order valence-corrected chi connectivity index (χ0v) is 12.8. The van der Waals surface area contributed by atoms with Crippen molar-refractivity contribution in [3.63, 3.8) is 0 Å². The Bertz CT molecular complexity index is 495. The average molecular weight is 293 g/mol. The van der Waals surface area contributed by atoms with Crippen LogP contribution in [0.3, 0.4) is 0 Å². The summed E-state index contributed by atoms with van der Waals surface area (Å²) < 4.78 is 14.2. The van der Waals surface area contributed by atoms with E-state index in [0.717, 1.165) is 19.6 Å². The van der Waals surface area contributed by atoms with Crippen LogP contribution in [-0.2, 0) is 0 Å². The first-order valence-electron chi connectivity index (χ1n) is 7.96.